The van der Waals surface area contributed by atoms with Crippen LogP contribution in [0.1, 0.15) is 32.3 Å². The Balaban J connectivity index is 2.27. The molecule has 96 valence electrons. The van der Waals surface area contributed by atoms with Crippen LogP contribution in [0.15, 0.2) is 18.2 Å². The molecule has 0 atom stereocenters. The van der Waals surface area contributed by atoms with Gasteiger partial charge in [-0.15, -0.1) is 0 Å². The lowest BCUT2D eigenvalue weighted by atomic mass is 10.0. The third-order valence-corrected chi connectivity index (χ3v) is 3.20. The molecule has 0 fully saturated rings. The molecule has 0 saturated heterocycles. The third-order valence-electron chi connectivity index (χ3n) is 3.20. The summed E-state index contributed by atoms with van der Waals surface area (Å²) >= 11 is 0. The topological polar surface area (TPSA) is 49.4 Å². The highest BCUT2D eigenvalue weighted by molar-refractivity contribution is 5.97. The average Bonchev–Trinajstić information content (AvgIpc) is 2.38. The predicted molar refractivity (Wildman–Crippen MR) is 71.7 cm³/mol. The summed E-state index contributed by atoms with van der Waals surface area (Å²) in [5, 5.41) is 2.84. The molecule has 1 aromatic rings. The van der Waals surface area contributed by atoms with Gasteiger partial charge < -0.3 is 10.2 Å². The van der Waals surface area contributed by atoms with Gasteiger partial charge in [-0.3, -0.25) is 9.59 Å². The molecule has 0 aliphatic carbocycles. The van der Waals surface area contributed by atoms with E-state index in [1.807, 2.05) is 32.0 Å². The predicted octanol–water partition coefficient (Wildman–Crippen LogP) is 2.33. The fraction of sp³-hybridized carbons (Fsp3) is 0.429. The highest BCUT2D eigenvalue weighted by Crippen LogP contribution is 2.30. The largest absolute Gasteiger partial charge is 0.326 e. The maximum atomic E-state index is 11.8. The van der Waals surface area contributed by atoms with Crippen LogP contribution >= 0.6 is 0 Å². The van der Waals surface area contributed by atoms with E-state index in [1.165, 1.54) is 0 Å². The van der Waals surface area contributed by atoms with Crippen molar-refractivity contribution in [1.29, 1.82) is 0 Å². The number of carbonyl (C=O) groups excluding carboxylic acids is 2. The Bertz CT molecular complexity index is 483. The van der Waals surface area contributed by atoms with Crippen LogP contribution in [0, 0.1) is 0 Å². The second-order valence-electron chi connectivity index (χ2n) is 4.38. The summed E-state index contributed by atoms with van der Waals surface area (Å²) in [5.41, 5.74) is 2.92. The second-order valence-corrected chi connectivity index (χ2v) is 4.38. The van der Waals surface area contributed by atoms with Crippen molar-refractivity contribution < 1.29 is 9.59 Å². The van der Waals surface area contributed by atoms with E-state index < -0.39 is 0 Å². The number of nitrogens with zero attached hydrogens (tertiary/aromatic N) is 1. The van der Waals surface area contributed by atoms with Gasteiger partial charge in [-0.2, -0.15) is 0 Å². The first-order chi connectivity index (χ1) is 8.65. The van der Waals surface area contributed by atoms with E-state index >= 15 is 0 Å². The van der Waals surface area contributed by atoms with Gasteiger partial charge in [0.15, 0.2) is 0 Å². The van der Waals surface area contributed by atoms with Crippen LogP contribution in [0.2, 0.25) is 0 Å². The molecule has 1 aromatic carbocycles. The zero-order valence-electron chi connectivity index (χ0n) is 10.8. The van der Waals surface area contributed by atoms with Crippen molar-refractivity contribution in [1.82, 2.24) is 0 Å². The van der Waals surface area contributed by atoms with E-state index in [0.29, 0.717) is 19.4 Å². The molecule has 0 bridgehead atoms. The molecule has 2 rings (SSSR count). The van der Waals surface area contributed by atoms with Crippen molar-refractivity contribution in [3.63, 3.8) is 0 Å². The van der Waals surface area contributed by atoms with Gasteiger partial charge in [0.2, 0.25) is 11.8 Å². The van der Waals surface area contributed by atoms with Crippen LogP contribution in [0.3, 0.4) is 0 Å². The first-order valence-corrected chi connectivity index (χ1v) is 6.38. The Labute approximate surface area is 107 Å². The molecular weight excluding hydrogens is 228 g/mol. The molecular formula is C14H18N2O2. The van der Waals surface area contributed by atoms with Gasteiger partial charge in [-0.1, -0.05) is 6.92 Å². The first-order valence-electron chi connectivity index (χ1n) is 6.38. The molecule has 1 aliphatic rings. The van der Waals surface area contributed by atoms with Crippen molar-refractivity contribution in [2.45, 2.75) is 33.1 Å². The number of fused-ring (bicyclic) bond motifs is 1. The quantitative estimate of drug-likeness (QED) is 0.889. The number of hydrogen-bond acceptors (Lipinski definition) is 2. The SMILES string of the molecule is CCC(=O)Nc1ccc2c(c1)CCC(=O)N2CC. The molecule has 4 nitrogen and oxygen atoms in total. The molecule has 1 N–H and O–H groups in total. The normalized spacial score (nSPS) is 14.3. The first kappa shape index (κ1) is 12.6. The Hall–Kier alpha value is -1.84. The standard InChI is InChI=1S/C14H18N2O2/c1-3-13(17)15-11-6-7-12-10(9-11)5-8-14(18)16(12)4-2/h6-7,9H,3-5,8H2,1-2H3,(H,15,17). The van der Waals surface area contributed by atoms with Crippen LogP contribution in [0.25, 0.3) is 0 Å². The molecule has 4 heteroatoms. The number of rotatable bonds is 3. The number of benzene rings is 1. The maximum absolute atomic E-state index is 11.8. The van der Waals surface area contributed by atoms with Crippen molar-refractivity contribution in [3.05, 3.63) is 23.8 Å². The fourth-order valence-electron chi connectivity index (χ4n) is 2.23. The number of aryl methyl sites for hydroxylation is 1. The molecule has 2 amide bonds. The van der Waals surface area contributed by atoms with Crippen LogP contribution in [0.5, 0.6) is 0 Å². The molecule has 0 saturated carbocycles. The van der Waals surface area contributed by atoms with Crippen LogP contribution < -0.4 is 10.2 Å². The van der Waals surface area contributed by atoms with Crippen LogP contribution in [-0.4, -0.2) is 18.4 Å². The summed E-state index contributed by atoms with van der Waals surface area (Å²) in [5.74, 6) is 0.185. The third kappa shape index (κ3) is 2.37. The van der Waals surface area contributed by atoms with Crippen molar-refractivity contribution in [2.24, 2.45) is 0 Å². The molecule has 0 aromatic heterocycles. The smallest absolute Gasteiger partial charge is 0.227 e. The van der Waals surface area contributed by atoms with Crippen molar-refractivity contribution in [2.75, 3.05) is 16.8 Å². The van der Waals surface area contributed by atoms with Gasteiger partial charge in [0.05, 0.1) is 0 Å². The zero-order valence-corrected chi connectivity index (χ0v) is 10.8. The highest BCUT2D eigenvalue weighted by Gasteiger charge is 2.22. The zero-order chi connectivity index (χ0) is 13.1. The Morgan fingerprint density at radius 1 is 1.33 bits per heavy atom. The number of anilines is 2. The number of amides is 2. The van der Waals surface area contributed by atoms with Gasteiger partial charge in [0.25, 0.3) is 0 Å². The monoisotopic (exact) mass is 246 g/mol. The van der Waals surface area contributed by atoms with Gasteiger partial charge in [0.1, 0.15) is 0 Å². The molecule has 1 heterocycles. The minimum absolute atomic E-state index is 0.00850. The summed E-state index contributed by atoms with van der Waals surface area (Å²) in [6.07, 6.45) is 1.77. The molecule has 1 aliphatic heterocycles. The minimum Gasteiger partial charge on any atom is -0.326 e. The lowest BCUT2D eigenvalue weighted by Crippen LogP contribution is -2.34. The summed E-state index contributed by atoms with van der Waals surface area (Å²) < 4.78 is 0. The van der Waals surface area contributed by atoms with Gasteiger partial charge in [-0.25, -0.2) is 0 Å². The lowest BCUT2D eigenvalue weighted by Gasteiger charge is -2.28. The number of carbonyl (C=O) groups is 2. The molecule has 0 spiro atoms. The van der Waals surface area contributed by atoms with Crippen LogP contribution in [-0.2, 0) is 16.0 Å². The van der Waals surface area contributed by atoms with Crippen molar-refractivity contribution in [3.8, 4) is 0 Å². The minimum atomic E-state index is 0.00850. The van der Waals surface area contributed by atoms with Gasteiger partial charge in [0, 0.05) is 30.8 Å². The lowest BCUT2D eigenvalue weighted by molar-refractivity contribution is -0.119. The summed E-state index contributed by atoms with van der Waals surface area (Å²) in [4.78, 5) is 24.9. The summed E-state index contributed by atoms with van der Waals surface area (Å²) in [6, 6.07) is 5.74. The van der Waals surface area contributed by atoms with Gasteiger partial charge >= 0.3 is 0 Å². The Morgan fingerprint density at radius 3 is 2.78 bits per heavy atom. The molecule has 18 heavy (non-hydrogen) atoms. The average molecular weight is 246 g/mol. The second kappa shape index (κ2) is 5.21. The summed E-state index contributed by atoms with van der Waals surface area (Å²) in [6.45, 7) is 4.48. The van der Waals surface area contributed by atoms with E-state index in [2.05, 4.69) is 5.32 Å². The van der Waals surface area contributed by atoms with E-state index in [9.17, 15) is 9.59 Å². The Morgan fingerprint density at radius 2 is 2.11 bits per heavy atom. The number of hydrogen-bond donors (Lipinski definition) is 1. The van der Waals surface area contributed by atoms with E-state index in [0.717, 1.165) is 23.4 Å². The Kier molecular flexibility index (Phi) is 3.65. The van der Waals surface area contributed by atoms with E-state index in [1.54, 1.807) is 4.90 Å². The van der Waals surface area contributed by atoms with Crippen molar-refractivity contribution >= 4 is 23.2 Å². The van der Waals surface area contributed by atoms with E-state index in [-0.39, 0.29) is 11.8 Å². The highest BCUT2D eigenvalue weighted by atomic mass is 16.2. The molecule has 0 unspecified atom stereocenters. The van der Waals surface area contributed by atoms with Gasteiger partial charge in [-0.05, 0) is 37.1 Å². The maximum Gasteiger partial charge on any atom is 0.227 e. The fourth-order valence-corrected chi connectivity index (χ4v) is 2.23. The number of nitrogens with one attached hydrogen (secondary N) is 1. The molecule has 0 radical (unpaired) electrons. The summed E-state index contributed by atoms with van der Waals surface area (Å²) in [7, 11) is 0. The van der Waals surface area contributed by atoms with E-state index in [4.69, 9.17) is 0 Å². The van der Waals surface area contributed by atoms with Crippen LogP contribution in [0.4, 0.5) is 11.4 Å².